The molecule has 1 aromatic heterocycles. The highest BCUT2D eigenvalue weighted by Gasteiger charge is 2.25. The normalized spacial score (nSPS) is 15.7. The van der Waals surface area contributed by atoms with Gasteiger partial charge in [-0.15, -0.1) is 0 Å². The summed E-state index contributed by atoms with van der Waals surface area (Å²) in [7, 11) is -3.45. The van der Waals surface area contributed by atoms with E-state index in [4.69, 9.17) is 16.1 Å². The highest BCUT2D eigenvalue weighted by Crippen LogP contribution is 2.26. The van der Waals surface area contributed by atoms with Crippen molar-refractivity contribution in [3.8, 4) is 22.8 Å². The largest absolute Gasteiger partial charge is 0.334 e. The third-order valence-corrected chi connectivity index (χ3v) is 6.71. The van der Waals surface area contributed by atoms with Gasteiger partial charge in [0.15, 0.2) is 0 Å². The molecule has 0 bridgehead atoms. The molecule has 0 spiro atoms. The molecule has 1 saturated heterocycles. The lowest BCUT2D eigenvalue weighted by molar-refractivity contribution is 0.346. The summed E-state index contributed by atoms with van der Waals surface area (Å²) in [5.74, 6) is 0.754. The monoisotopic (exact) mass is 403 g/mol. The Bertz CT molecular complexity index is 1040. The summed E-state index contributed by atoms with van der Waals surface area (Å²) in [6.45, 7) is 1.16. The summed E-state index contributed by atoms with van der Waals surface area (Å²) in [6.07, 6.45) is 2.90. The molecule has 27 heavy (non-hydrogen) atoms. The molecule has 1 fully saturated rings. The van der Waals surface area contributed by atoms with E-state index in [0.717, 1.165) is 24.8 Å². The van der Waals surface area contributed by atoms with Crippen molar-refractivity contribution in [1.29, 1.82) is 0 Å². The fourth-order valence-electron chi connectivity index (χ4n) is 3.11. The Balaban J connectivity index is 1.58. The molecular formula is C19H18ClN3O3S. The number of rotatable bonds is 4. The maximum atomic E-state index is 12.7. The summed E-state index contributed by atoms with van der Waals surface area (Å²) in [5.41, 5.74) is 1.41. The van der Waals surface area contributed by atoms with Crippen molar-refractivity contribution in [1.82, 2.24) is 14.4 Å². The number of halogens is 1. The van der Waals surface area contributed by atoms with Crippen molar-refractivity contribution < 1.29 is 12.9 Å². The summed E-state index contributed by atoms with van der Waals surface area (Å²) in [5, 5.41) is 4.57. The zero-order valence-electron chi connectivity index (χ0n) is 14.5. The second-order valence-electron chi connectivity index (χ2n) is 6.42. The Kier molecular flexibility index (Phi) is 4.99. The van der Waals surface area contributed by atoms with Gasteiger partial charge >= 0.3 is 0 Å². The van der Waals surface area contributed by atoms with Gasteiger partial charge in [0.25, 0.3) is 5.89 Å². The first-order valence-corrected chi connectivity index (χ1v) is 10.6. The fourth-order valence-corrected chi connectivity index (χ4v) is 4.82. The molecule has 140 valence electrons. The van der Waals surface area contributed by atoms with Crippen molar-refractivity contribution >= 4 is 21.6 Å². The molecule has 0 aliphatic carbocycles. The van der Waals surface area contributed by atoms with E-state index in [9.17, 15) is 8.42 Å². The van der Waals surface area contributed by atoms with Crippen LogP contribution >= 0.6 is 11.6 Å². The third kappa shape index (κ3) is 3.76. The molecule has 2 aromatic carbocycles. The Labute approximate surface area is 162 Å². The molecule has 0 N–H and O–H groups in total. The van der Waals surface area contributed by atoms with Gasteiger partial charge in [-0.2, -0.15) is 9.29 Å². The highest BCUT2D eigenvalue weighted by molar-refractivity contribution is 7.89. The molecule has 6 nitrogen and oxygen atoms in total. The molecule has 0 radical (unpaired) electrons. The molecule has 8 heteroatoms. The molecule has 3 aromatic rings. The van der Waals surface area contributed by atoms with Crippen LogP contribution in [0.3, 0.4) is 0 Å². The minimum Gasteiger partial charge on any atom is -0.334 e. The summed E-state index contributed by atoms with van der Waals surface area (Å²) < 4.78 is 32.3. The lowest BCUT2D eigenvalue weighted by atomic mass is 10.2. The van der Waals surface area contributed by atoms with Crippen molar-refractivity contribution in [2.45, 2.75) is 24.2 Å². The zero-order valence-corrected chi connectivity index (χ0v) is 16.1. The van der Waals surface area contributed by atoms with Crippen LogP contribution in [0.25, 0.3) is 22.8 Å². The maximum Gasteiger partial charge on any atom is 0.258 e. The van der Waals surface area contributed by atoms with E-state index in [0.29, 0.717) is 35.4 Å². The standard InChI is InChI=1S/C19H18ClN3O3S/c20-16-6-4-5-15(13-16)19-21-18(22-26-19)14-7-9-17(10-8-14)27(24,25)23-11-2-1-3-12-23/h4-10,13H,1-3,11-12H2. The first-order valence-electron chi connectivity index (χ1n) is 8.74. The Morgan fingerprint density at radius 3 is 2.41 bits per heavy atom. The highest BCUT2D eigenvalue weighted by atomic mass is 35.5. The molecule has 0 saturated carbocycles. The zero-order chi connectivity index (χ0) is 18.9. The van der Waals surface area contributed by atoms with E-state index in [1.54, 1.807) is 40.7 Å². The first kappa shape index (κ1) is 18.2. The Morgan fingerprint density at radius 2 is 1.70 bits per heavy atom. The number of aromatic nitrogens is 2. The van der Waals surface area contributed by atoms with Gasteiger partial charge in [0.1, 0.15) is 0 Å². The van der Waals surface area contributed by atoms with E-state index < -0.39 is 10.0 Å². The second kappa shape index (κ2) is 7.42. The van der Waals surface area contributed by atoms with Gasteiger partial charge in [0.05, 0.1) is 4.90 Å². The van der Waals surface area contributed by atoms with Crippen LogP contribution in [0.4, 0.5) is 0 Å². The van der Waals surface area contributed by atoms with E-state index in [1.807, 2.05) is 12.1 Å². The van der Waals surface area contributed by atoms with Gasteiger partial charge in [-0.25, -0.2) is 8.42 Å². The minimum absolute atomic E-state index is 0.284. The minimum atomic E-state index is -3.45. The molecule has 0 unspecified atom stereocenters. The van der Waals surface area contributed by atoms with Gasteiger partial charge in [0.2, 0.25) is 15.8 Å². The van der Waals surface area contributed by atoms with Crippen LogP contribution in [0, 0.1) is 0 Å². The van der Waals surface area contributed by atoms with Crippen LogP contribution in [0.15, 0.2) is 57.9 Å². The van der Waals surface area contributed by atoms with E-state index in [1.165, 1.54) is 0 Å². The molecule has 1 aliphatic rings. The van der Waals surface area contributed by atoms with Crippen LogP contribution in [-0.4, -0.2) is 36.0 Å². The van der Waals surface area contributed by atoms with Gasteiger partial charge in [-0.3, -0.25) is 0 Å². The SMILES string of the molecule is O=S(=O)(c1ccc(-c2noc(-c3cccc(Cl)c3)n2)cc1)N1CCCCC1. The molecule has 1 aliphatic heterocycles. The number of nitrogens with zero attached hydrogens (tertiary/aromatic N) is 3. The maximum absolute atomic E-state index is 12.7. The predicted octanol–water partition coefficient (Wildman–Crippen LogP) is 4.23. The van der Waals surface area contributed by atoms with Crippen LogP contribution in [0.5, 0.6) is 0 Å². The Morgan fingerprint density at radius 1 is 0.963 bits per heavy atom. The molecule has 4 rings (SSSR count). The number of hydrogen-bond donors (Lipinski definition) is 0. The van der Waals surface area contributed by atoms with Crippen LogP contribution in [0.1, 0.15) is 19.3 Å². The van der Waals surface area contributed by atoms with Crippen LogP contribution in [-0.2, 0) is 10.0 Å². The third-order valence-electron chi connectivity index (χ3n) is 4.56. The van der Waals surface area contributed by atoms with Crippen molar-refractivity contribution in [2.24, 2.45) is 0 Å². The fraction of sp³-hybridized carbons (Fsp3) is 0.263. The van der Waals surface area contributed by atoms with Gasteiger partial charge in [-0.1, -0.05) is 29.2 Å². The van der Waals surface area contributed by atoms with Crippen LogP contribution in [0.2, 0.25) is 5.02 Å². The van der Waals surface area contributed by atoms with E-state index in [2.05, 4.69) is 10.1 Å². The predicted molar refractivity (Wildman–Crippen MR) is 103 cm³/mol. The van der Waals surface area contributed by atoms with Crippen molar-refractivity contribution in [3.05, 3.63) is 53.6 Å². The lowest BCUT2D eigenvalue weighted by Gasteiger charge is -2.25. The van der Waals surface area contributed by atoms with Crippen molar-refractivity contribution in [2.75, 3.05) is 13.1 Å². The van der Waals surface area contributed by atoms with Gasteiger partial charge < -0.3 is 4.52 Å². The smallest absolute Gasteiger partial charge is 0.258 e. The van der Waals surface area contributed by atoms with Gasteiger partial charge in [-0.05, 0) is 55.3 Å². The lowest BCUT2D eigenvalue weighted by Crippen LogP contribution is -2.35. The molecule has 0 atom stereocenters. The molecule has 0 amide bonds. The Hall–Kier alpha value is -2.22. The summed E-state index contributed by atoms with van der Waals surface area (Å²) >= 11 is 5.99. The molecular weight excluding hydrogens is 386 g/mol. The number of benzene rings is 2. The average Bonchev–Trinajstić information content (AvgIpc) is 3.19. The topological polar surface area (TPSA) is 76.3 Å². The molecule has 2 heterocycles. The number of hydrogen-bond acceptors (Lipinski definition) is 5. The summed E-state index contributed by atoms with van der Waals surface area (Å²) in [6, 6.07) is 13.7. The average molecular weight is 404 g/mol. The number of piperidine rings is 1. The van der Waals surface area contributed by atoms with E-state index in [-0.39, 0.29) is 4.90 Å². The van der Waals surface area contributed by atoms with Gasteiger partial charge in [0, 0.05) is 29.2 Å². The number of sulfonamides is 1. The van der Waals surface area contributed by atoms with E-state index >= 15 is 0 Å². The van der Waals surface area contributed by atoms with Crippen molar-refractivity contribution in [3.63, 3.8) is 0 Å². The quantitative estimate of drug-likeness (QED) is 0.651. The van der Waals surface area contributed by atoms with Crippen LogP contribution < -0.4 is 0 Å². The second-order valence-corrected chi connectivity index (χ2v) is 8.80. The first-order chi connectivity index (χ1) is 13.0. The summed E-state index contributed by atoms with van der Waals surface area (Å²) in [4.78, 5) is 4.66.